The van der Waals surface area contributed by atoms with Crippen LogP contribution >= 0.6 is 23.2 Å². The molecule has 0 atom stereocenters. The van der Waals surface area contributed by atoms with Gasteiger partial charge in [0.2, 0.25) is 0 Å². The number of methoxy groups -OCH3 is 1. The van der Waals surface area contributed by atoms with E-state index in [-0.39, 0.29) is 17.9 Å². The van der Waals surface area contributed by atoms with E-state index in [1.165, 1.54) is 13.2 Å². The van der Waals surface area contributed by atoms with Crippen molar-refractivity contribution >= 4 is 52.8 Å². The van der Waals surface area contributed by atoms with Gasteiger partial charge < -0.3 is 9.47 Å². The van der Waals surface area contributed by atoms with Crippen LogP contribution in [-0.2, 0) is 22.6 Å². The maximum absolute atomic E-state index is 13.4. The summed E-state index contributed by atoms with van der Waals surface area (Å²) in [5.41, 5.74) is 2.62. The minimum absolute atomic E-state index is 0.206. The third-order valence-corrected chi connectivity index (χ3v) is 6.74. The Morgan fingerprint density at radius 1 is 1.00 bits per heavy atom. The number of amides is 4. The van der Waals surface area contributed by atoms with Gasteiger partial charge in [0.1, 0.15) is 12.2 Å². The highest BCUT2D eigenvalue weighted by Crippen LogP contribution is 2.36. The number of nitrogens with zero attached hydrogens (tertiary/aromatic N) is 1. The van der Waals surface area contributed by atoms with Gasteiger partial charge in [-0.05, 0) is 60.9 Å². The highest BCUT2D eigenvalue weighted by Gasteiger charge is 2.37. The summed E-state index contributed by atoms with van der Waals surface area (Å²) in [6.07, 6.45) is 3.54. The van der Waals surface area contributed by atoms with E-state index >= 15 is 0 Å². The van der Waals surface area contributed by atoms with Gasteiger partial charge >= 0.3 is 6.03 Å². The van der Waals surface area contributed by atoms with Crippen LogP contribution in [0.3, 0.4) is 0 Å². The third kappa shape index (κ3) is 5.44. The zero-order valence-electron chi connectivity index (χ0n) is 20.7. The topological polar surface area (TPSA) is 84.9 Å². The fourth-order valence-electron chi connectivity index (χ4n) is 4.04. The van der Waals surface area contributed by atoms with Gasteiger partial charge in [-0.1, -0.05) is 53.5 Å². The van der Waals surface area contributed by atoms with E-state index in [9.17, 15) is 14.4 Å². The Morgan fingerprint density at radius 3 is 2.45 bits per heavy atom. The van der Waals surface area contributed by atoms with Crippen LogP contribution in [0.25, 0.3) is 6.08 Å². The van der Waals surface area contributed by atoms with Gasteiger partial charge in [-0.15, -0.1) is 6.58 Å². The molecule has 7 nitrogen and oxygen atoms in total. The summed E-state index contributed by atoms with van der Waals surface area (Å²) < 4.78 is 11.7. The van der Waals surface area contributed by atoms with E-state index in [0.29, 0.717) is 39.1 Å². The molecule has 4 rings (SSSR count). The van der Waals surface area contributed by atoms with E-state index in [4.69, 9.17) is 32.7 Å². The Hall–Kier alpha value is -4.07. The van der Waals surface area contributed by atoms with Crippen LogP contribution in [0.4, 0.5) is 10.5 Å². The zero-order chi connectivity index (χ0) is 27.4. The molecule has 38 heavy (non-hydrogen) atoms. The first kappa shape index (κ1) is 27.0. The molecule has 3 aromatic rings. The minimum Gasteiger partial charge on any atom is -0.493 e. The molecule has 1 fully saturated rings. The molecule has 0 saturated carbocycles. The first-order chi connectivity index (χ1) is 18.2. The Labute approximate surface area is 230 Å². The quantitative estimate of drug-likeness (QED) is 0.202. The fraction of sp³-hybridized carbons (Fsp3) is 0.138. The summed E-state index contributed by atoms with van der Waals surface area (Å²) in [5.74, 6) is -0.697. The number of ether oxygens (including phenoxy) is 2. The number of halogens is 2. The molecule has 1 aliphatic heterocycles. The van der Waals surface area contributed by atoms with Crippen molar-refractivity contribution in [2.75, 3.05) is 12.0 Å². The van der Waals surface area contributed by atoms with Gasteiger partial charge in [0.05, 0.1) is 12.8 Å². The van der Waals surface area contributed by atoms with E-state index in [1.807, 2.05) is 18.2 Å². The number of carbonyl (C=O) groups is 3. The molecule has 1 heterocycles. The summed E-state index contributed by atoms with van der Waals surface area (Å²) in [6.45, 7) is 5.71. The smallest absolute Gasteiger partial charge is 0.335 e. The van der Waals surface area contributed by atoms with Crippen LogP contribution in [0.15, 0.2) is 72.8 Å². The lowest BCUT2D eigenvalue weighted by Gasteiger charge is -2.27. The number of anilines is 1. The lowest BCUT2D eigenvalue weighted by molar-refractivity contribution is -0.122. The zero-order valence-corrected chi connectivity index (χ0v) is 22.2. The highest BCUT2D eigenvalue weighted by molar-refractivity contribution is 6.40. The number of rotatable bonds is 8. The second-order valence-corrected chi connectivity index (χ2v) is 9.24. The van der Waals surface area contributed by atoms with Crippen LogP contribution in [0.2, 0.25) is 10.0 Å². The first-order valence-corrected chi connectivity index (χ1v) is 12.3. The molecule has 0 unspecified atom stereocenters. The molecule has 0 aliphatic carbocycles. The second kappa shape index (κ2) is 11.5. The number of carbonyl (C=O) groups excluding carboxylic acids is 3. The minimum atomic E-state index is -0.851. The predicted octanol–water partition coefficient (Wildman–Crippen LogP) is 6.28. The fourth-order valence-corrected chi connectivity index (χ4v) is 4.40. The van der Waals surface area contributed by atoms with E-state index in [1.54, 1.807) is 49.4 Å². The second-order valence-electron chi connectivity index (χ2n) is 8.43. The SMILES string of the molecule is C=CCc1cc(/C=C2\C(=O)NC(=O)N(c3cccc(Cl)c3C)C2=O)cc(OC)c1OCc1ccccc1Cl. The first-order valence-electron chi connectivity index (χ1n) is 11.6. The van der Waals surface area contributed by atoms with Gasteiger partial charge in [0, 0.05) is 21.2 Å². The van der Waals surface area contributed by atoms with E-state index in [2.05, 4.69) is 11.9 Å². The van der Waals surface area contributed by atoms with Crippen LogP contribution in [-0.4, -0.2) is 25.0 Å². The summed E-state index contributed by atoms with van der Waals surface area (Å²) in [5, 5.41) is 3.19. The summed E-state index contributed by atoms with van der Waals surface area (Å²) >= 11 is 12.5. The van der Waals surface area contributed by atoms with Crippen LogP contribution < -0.4 is 19.7 Å². The summed E-state index contributed by atoms with van der Waals surface area (Å²) in [7, 11) is 1.49. The molecule has 0 radical (unpaired) electrons. The molecule has 0 spiro atoms. The van der Waals surface area contributed by atoms with E-state index < -0.39 is 17.8 Å². The lowest BCUT2D eigenvalue weighted by Crippen LogP contribution is -2.54. The number of barbiturate groups is 1. The van der Waals surface area contributed by atoms with Crippen LogP contribution in [0.5, 0.6) is 11.5 Å². The van der Waals surface area contributed by atoms with Crippen molar-refractivity contribution in [3.63, 3.8) is 0 Å². The molecule has 3 aromatic carbocycles. The molecular formula is C29H24Cl2N2O5. The van der Waals surface area contributed by atoms with Crippen molar-refractivity contribution in [2.24, 2.45) is 0 Å². The van der Waals surface area contributed by atoms with Crippen molar-refractivity contribution in [1.82, 2.24) is 5.32 Å². The number of benzene rings is 3. The molecule has 1 aliphatic rings. The van der Waals surface area contributed by atoms with Gasteiger partial charge in [0.15, 0.2) is 11.5 Å². The third-order valence-electron chi connectivity index (χ3n) is 5.96. The molecule has 9 heteroatoms. The predicted molar refractivity (Wildman–Crippen MR) is 148 cm³/mol. The van der Waals surface area contributed by atoms with Crippen molar-refractivity contribution in [3.8, 4) is 11.5 Å². The van der Waals surface area contributed by atoms with Crippen molar-refractivity contribution in [1.29, 1.82) is 0 Å². The molecule has 194 valence electrons. The maximum Gasteiger partial charge on any atom is 0.335 e. The molecule has 0 aromatic heterocycles. The molecular weight excluding hydrogens is 527 g/mol. The number of urea groups is 1. The molecule has 1 saturated heterocycles. The molecule has 4 amide bonds. The Kier molecular flexibility index (Phi) is 8.20. The average molecular weight is 551 g/mol. The summed E-state index contributed by atoms with van der Waals surface area (Å²) in [6, 6.07) is 14.8. The monoisotopic (exact) mass is 550 g/mol. The van der Waals surface area contributed by atoms with E-state index in [0.717, 1.165) is 16.0 Å². The highest BCUT2D eigenvalue weighted by atomic mass is 35.5. The normalized spacial score (nSPS) is 14.5. The Balaban J connectivity index is 1.73. The Bertz CT molecular complexity index is 1480. The van der Waals surface area contributed by atoms with Gasteiger partial charge in [0.25, 0.3) is 11.8 Å². The summed E-state index contributed by atoms with van der Waals surface area (Å²) in [4.78, 5) is 39.6. The van der Waals surface area contributed by atoms with Gasteiger partial charge in [-0.25, -0.2) is 9.69 Å². The lowest BCUT2D eigenvalue weighted by atomic mass is 10.0. The Morgan fingerprint density at radius 2 is 1.74 bits per heavy atom. The number of hydrogen-bond donors (Lipinski definition) is 1. The largest absolute Gasteiger partial charge is 0.493 e. The van der Waals surface area contributed by atoms with Crippen LogP contribution in [0, 0.1) is 6.92 Å². The maximum atomic E-state index is 13.4. The van der Waals surface area contributed by atoms with Crippen molar-refractivity contribution < 1.29 is 23.9 Å². The standard InChI is InChI=1S/C29H24Cl2N2O5/c1-4-8-19-13-18(15-25(37-3)26(19)38-16-20-9-5-6-10-23(20)31)14-21-27(34)32-29(36)33(28(21)35)24-12-7-11-22(30)17(24)2/h4-7,9-15H,1,8,16H2,2-3H3,(H,32,34,36)/b21-14+. The molecule has 0 bridgehead atoms. The van der Waals surface area contributed by atoms with Crippen molar-refractivity contribution in [3.05, 3.63) is 105 Å². The number of nitrogens with one attached hydrogen (secondary N) is 1. The molecule has 1 N–H and O–H groups in total. The van der Waals surface area contributed by atoms with Gasteiger partial charge in [-0.3, -0.25) is 14.9 Å². The number of allylic oxidation sites excluding steroid dienone is 1. The van der Waals surface area contributed by atoms with Gasteiger partial charge in [-0.2, -0.15) is 0 Å². The van der Waals surface area contributed by atoms with Crippen molar-refractivity contribution in [2.45, 2.75) is 20.0 Å². The number of hydrogen-bond acceptors (Lipinski definition) is 5. The number of imide groups is 2. The van der Waals surface area contributed by atoms with Crippen LogP contribution in [0.1, 0.15) is 22.3 Å². The average Bonchev–Trinajstić information content (AvgIpc) is 2.89.